The van der Waals surface area contributed by atoms with Gasteiger partial charge in [0.05, 0.1) is 42.6 Å². The Kier molecular flexibility index (Phi) is 7.98. The van der Waals surface area contributed by atoms with Crippen LogP contribution in [0, 0.1) is 5.82 Å². The Hall–Kier alpha value is -4.15. The smallest absolute Gasteiger partial charge is 0.328 e. The first-order chi connectivity index (χ1) is 20.7. The molecular formula is C32H33ClFN5O4. The fraction of sp³-hybridized carbons (Fsp3) is 0.344. The van der Waals surface area contributed by atoms with E-state index in [1.807, 2.05) is 18.3 Å². The highest BCUT2D eigenvalue weighted by Crippen LogP contribution is 2.49. The number of carboxylic acids is 1. The lowest BCUT2D eigenvalue weighted by atomic mass is 9.88. The van der Waals surface area contributed by atoms with Crippen molar-refractivity contribution in [1.29, 1.82) is 0 Å². The van der Waals surface area contributed by atoms with Crippen LogP contribution in [0.4, 0.5) is 4.39 Å². The van der Waals surface area contributed by atoms with Gasteiger partial charge in [0, 0.05) is 36.3 Å². The number of imidazole rings is 2. The number of rotatable bonds is 9. The molecule has 43 heavy (non-hydrogen) atoms. The lowest BCUT2D eigenvalue weighted by Crippen LogP contribution is -2.34. The molecule has 0 aliphatic carbocycles. The molecule has 6 rings (SSSR count). The van der Waals surface area contributed by atoms with Gasteiger partial charge in [-0.15, -0.1) is 0 Å². The van der Waals surface area contributed by atoms with Crippen LogP contribution in [0.5, 0.6) is 11.5 Å². The average Bonchev–Trinajstić information content (AvgIpc) is 3.69. The van der Waals surface area contributed by atoms with Crippen molar-refractivity contribution >= 4 is 23.6 Å². The summed E-state index contributed by atoms with van der Waals surface area (Å²) in [5.74, 6) is -0.384. The molecule has 0 radical (unpaired) electrons. The zero-order valence-corrected chi connectivity index (χ0v) is 24.8. The molecule has 4 heterocycles. The molecule has 224 valence electrons. The van der Waals surface area contributed by atoms with Gasteiger partial charge in [-0.05, 0) is 69.1 Å². The van der Waals surface area contributed by atoms with Crippen LogP contribution in [0.2, 0.25) is 5.02 Å². The lowest BCUT2D eigenvalue weighted by molar-refractivity contribution is -0.131. The van der Waals surface area contributed by atoms with Crippen LogP contribution in [-0.4, -0.2) is 48.2 Å². The third-order valence-corrected chi connectivity index (χ3v) is 8.48. The van der Waals surface area contributed by atoms with Gasteiger partial charge in [-0.2, -0.15) is 0 Å². The second-order valence-electron chi connectivity index (χ2n) is 11.0. The van der Waals surface area contributed by atoms with E-state index in [1.165, 1.54) is 6.07 Å². The fourth-order valence-electron chi connectivity index (χ4n) is 5.99. The standard InChI is InChI=1S/C32H33ClFN5O4/c1-3-38-20-35-16-24(38)18-39-23(8-10-30(40)41)17-36-29(39)19-37-13-11-21(12-14-37)25-5-4-6-28-31(25)43-32(2,42-28)26-9-7-22(33)15-27(26)34/h4-10,15-17,20-21H,3,11-14,18-19H2,1-2H3,(H,40,41)/b10-8+/t32-/m0/s1. The minimum Gasteiger partial charge on any atom is -0.478 e. The first-order valence-corrected chi connectivity index (χ1v) is 14.7. The van der Waals surface area contributed by atoms with E-state index >= 15 is 0 Å². The number of benzene rings is 2. The highest BCUT2D eigenvalue weighted by atomic mass is 35.5. The first-order valence-electron chi connectivity index (χ1n) is 14.4. The number of carbonyl (C=O) groups is 1. The lowest BCUT2D eigenvalue weighted by Gasteiger charge is -2.32. The van der Waals surface area contributed by atoms with E-state index in [2.05, 4.69) is 37.0 Å². The van der Waals surface area contributed by atoms with E-state index in [-0.39, 0.29) is 5.92 Å². The number of aromatic nitrogens is 4. The second-order valence-corrected chi connectivity index (χ2v) is 11.5. The third-order valence-electron chi connectivity index (χ3n) is 8.25. The number of para-hydroxylation sites is 1. The maximum Gasteiger partial charge on any atom is 0.328 e. The van der Waals surface area contributed by atoms with Crippen molar-refractivity contribution in [3.63, 3.8) is 0 Å². The highest BCUT2D eigenvalue weighted by Gasteiger charge is 2.43. The first kappa shape index (κ1) is 28.9. The molecule has 0 spiro atoms. The zero-order chi connectivity index (χ0) is 30.1. The maximum atomic E-state index is 14.8. The molecule has 0 saturated carbocycles. The molecular weight excluding hydrogens is 573 g/mol. The number of piperidine rings is 1. The van der Waals surface area contributed by atoms with Crippen LogP contribution in [0.25, 0.3) is 6.08 Å². The number of halogens is 2. The Balaban J connectivity index is 1.17. The highest BCUT2D eigenvalue weighted by molar-refractivity contribution is 6.30. The maximum absolute atomic E-state index is 14.8. The second kappa shape index (κ2) is 11.9. The van der Waals surface area contributed by atoms with E-state index in [1.54, 1.807) is 37.7 Å². The van der Waals surface area contributed by atoms with Gasteiger partial charge in [-0.3, -0.25) is 4.90 Å². The van der Waals surface area contributed by atoms with Crippen molar-refractivity contribution < 1.29 is 23.8 Å². The van der Waals surface area contributed by atoms with E-state index in [4.69, 9.17) is 21.1 Å². The Morgan fingerprint density at radius 1 is 1.19 bits per heavy atom. The zero-order valence-electron chi connectivity index (χ0n) is 24.0. The largest absolute Gasteiger partial charge is 0.478 e. The molecule has 1 N–H and O–H groups in total. The monoisotopic (exact) mass is 605 g/mol. The number of aliphatic carboxylic acids is 1. The molecule has 1 atom stereocenters. The molecule has 1 fully saturated rings. The Bertz CT molecular complexity index is 1680. The quantitative estimate of drug-likeness (QED) is 0.232. The summed E-state index contributed by atoms with van der Waals surface area (Å²) >= 11 is 5.97. The van der Waals surface area contributed by atoms with Crippen molar-refractivity contribution in [1.82, 2.24) is 24.0 Å². The molecule has 11 heteroatoms. The van der Waals surface area contributed by atoms with Gasteiger partial charge >= 0.3 is 5.97 Å². The molecule has 0 unspecified atom stereocenters. The minimum absolute atomic E-state index is 0.250. The topological polar surface area (TPSA) is 94.6 Å². The predicted octanol–water partition coefficient (Wildman–Crippen LogP) is 6.06. The van der Waals surface area contributed by atoms with Crippen LogP contribution in [0.1, 0.15) is 60.9 Å². The number of ether oxygens (including phenoxy) is 2. The number of likely N-dealkylation sites (tertiary alicyclic amines) is 1. The Morgan fingerprint density at radius 3 is 2.74 bits per heavy atom. The van der Waals surface area contributed by atoms with E-state index in [9.17, 15) is 14.3 Å². The van der Waals surface area contributed by atoms with Crippen molar-refractivity contribution in [2.75, 3.05) is 13.1 Å². The SMILES string of the molecule is CCn1cncc1Cn1c(/C=C/C(=O)O)cnc1CN1CCC(c2cccc3c2O[C@@](C)(c2ccc(Cl)cc2F)O3)CC1. The van der Waals surface area contributed by atoms with Crippen LogP contribution < -0.4 is 9.47 Å². The van der Waals surface area contributed by atoms with Crippen LogP contribution in [-0.2, 0) is 30.2 Å². The van der Waals surface area contributed by atoms with E-state index in [0.717, 1.165) is 61.3 Å². The Morgan fingerprint density at radius 2 is 2.00 bits per heavy atom. The summed E-state index contributed by atoms with van der Waals surface area (Å²) < 4.78 is 31.4. The van der Waals surface area contributed by atoms with Crippen molar-refractivity contribution in [3.8, 4) is 11.5 Å². The fourth-order valence-corrected chi connectivity index (χ4v) is 6.15. The number of fused-ring (bicyclic) bond motifs is 1. The Labute approximate surface area is 254 Å². The molecule has 2 aliphatic heterocycles. The van der Waals surface area contributed by atoms with Gasteiger partial charge in [-0.25, -0.2) is 19.2 Å². The summed E-state index contributed by atoms with van der Waals surface area (Å²) in [6, 6.07) is 10.4. The summed E-state index contributed by atoms with van der Waals surface area (Å²) in [6.07, 6.45) is 9.88. The predicted molar refractivity (Wildman–Crippen MR) is 160 cm³/mol. The molecule has 4 aromatic rings. The number of nitrogens with zero attached hydrogens (tertiary/aromatic N) is 5. The van der Waals surface area contributed by atoms with Crippen molar-refractivity contribution in [3.05, 3.63) is 100 Å². The number of aryl methyl sites for hydroxylation is 1. The van der Waals surface area contributed by atoms with Gasteiger partial charge in [0.1, 0.15) is 11.6 Å². The van der Waals surface area contributed by atoms with Crippen molar-refractivity contribution in [2.45, 2.75) is 58.0 Å². The molecule has 0 bridgehead atoms. The molecule has 2 aliphatic rings. The van der Waals surface area contributed by atoms with Gasteiger partial charge in [0.15, 0.2) is 11.5 Å². The van der Waals surface area contributed by atoms with E-state index < -0.39 is 17.6 Å². The number of hydrogen-bond donors (Lipinski definition) is 1. The minimum atomic E-state index is -1.29. The number of carboxylic acid groups (broad SMARTS) is 1. The van der Waals surface area contributed by atoms with E-state index in [0.29, 0.717) is 35.2 Å². The summed E-state index contributed by atoms with van der Waals surface area (Å²) in [5, 5.41) is 9.50. The summed E-state index contributed by atoms with van der Waals surface area (Å²) in [5.41, 5.74) is 3.11. The molecule has 9 nitrogen and oxygen atoms in total. The van der Waals surface area contributed by atoms with Gasteiger partial charge in [0.2, 0.25) is 0 Å². The molecule has 2 aromatic heterocycles. The van der Waals surface area contributed by atoms with Crippen LogP contribution in [0.3, 0.4) is 0 Å². The van der Waals surface area contributed by atoms with Crippen LogP contribution in [0.15, 0.2) is 61.2 Å². The summed E-state index contributed by atoms with van der Waals surface area (Å²) in [7, 11) is 0. The normalized spacial score (nSPS) is 19.0. The molecule has 2 aromatic carbocycles. The van der Waals surface area contributed by atoms with Crippen LogP contribution >= 0.6 is 11.6 Å². The summed E-state index contributed by atoms with van der Waals surface area (Å²) in [6.45, 7) is 7.44. The van der Waals surface area contributed by atoms with Gasteiger partial charge < -0.3 is 23.7 Å². The van der Waals surface area contributed by atoms with Crippen molar-refractivity contribution in [2.24, 2.45) is 0 Å². The average molecular weight is 606 g/mol. The third kappa shape index (κ3) is 5.89. The summed E-state index contributed by atoms with van der Waals surface area (Å²) in [4.78, 5) is 22.5. The molecule has 0 amide bonds. The molecule has 1 saturated heterocycles. The van der Waals surface area contributed by atoms with Gasteiger partial charge in [0.25, 0.3) is 5.79 Å². The number of hydrogen-bond acceptors (Lipinski definition) is 6. The van der Waals surface area contributed by atoms with Gasteiger partial charge in [-0.1, -0.05) is 23.7 Å².